The van der Waals surface area contributed by atoms with Crippen LogP contribution in [0, 0.1) is 5.82 Å². The number of nitrogens with one attached hydrogen (secondary N) is 2. The first-order chi connectivity index (χ1) is 9.74. The van der Waals surface area contributed by atoms with Crippen molar-refractivity contribution in [2.24, 2.45) is 0 Å². The van der Waals surface area contributed by atoms with Gasteiger partial charge in [-0.15, -0.1) is 0 Å². The molecule has 1 aliphatic heterocycles. The van der Waals surface area contributed by atoms with Crippen molar-refractivity contribution < 1.29 is 18.7 Å². The average Bonchev–Trinajstić information content (AvgIpc) is 2.46. The minimum absolute atomic E-state index is 0.0318. The molecule has 1 saturated heterocycles. The summed E-state index contributed by atoms with van der Waals surface area (Å²) >= 11 is 0. The largest absolute Gasteiger partial charge is 0.492 e. The number of ether oxygens (including phenoxy) is 2. The Labute approximate surface area is 117 Å². The Kier molecular flexibility index (Phi) is 5.76. The van der Waals surface area contributed by atoms with Crippen LogP contribution in [0.15, 0.2) is 24.3 Å². The second kappa shape index (κ2) is 7.81. The van der Waals surface area contributed by atoms with E-state index in [1.807, 2.05) is 0 Å². The van der Waals surface area contributed by atoms with Crippen molar-refractivity contribution in [3.05, 3.63) is 30.1 Å². The second-order valence-corrected chi connectivity index (χ2v) is 4.58. The van der Waals surface area contributed by atoms with Crippen molar-refractivity contribution in [2.45, 2.75) is 12.5 Å². The summed E-state index contributed by atoms with van der Waals surface area (Å²) in [5.41, 5.74) is 0. The molecule has 0 aromatic heterocycles. The van der Waals surface area contributed by atoms with Crippen LogP contribution in [0.25, 0.3) is 0 Å². The summed E-state index contributed by atoms with van der Waals surface area (Å²) in [5, 5.41) is 6.00. The molecule has 20 heavy (non-hydrogen) atoms. The number of hydrogen-bond acceptors (Lipinski definition) is 4. The molecule has 1 unspecified atom stereocenters. The van der Waals surface area contributed by atoms with Gasteiger partial charge in [0.25, 0.3) is 0 Å². The van der Waals surface area contributed by atoms with Crippen molar-refractivity contribution in [1.29, 1.82) is 0 Å². The Morgan fingerprint density at radius 1 is 1.45 bits per heavy atom. The summed E-state index contributed by atoms with van der Waals surface area (Å²) in [4.78, 5) is 11.7. The van der Waals surface area contributed by atoms with E-state index in [9.17, 15) is 9.18 Å². The van der Waals surface area contributed by atoms with Crippen LogP contribution in [0.2, 0.25) is 0 Å². The maximum Gasteiger partial charge on any atom is 0.221 e. The van der Waals surface area contributed by atoms with Gasteiger partial charge in [0.2, 0.25) is 5.91 Å². The Morgan fingerprint density at radius 3 is 2.95 bits per heavy atom. The molecular weight excluding hydrogens is 263 g/mol. The van der Waals surface area contributed by atoms with E-state index in [0.29, 0.717) is 38.5 Å². The lowest BCUT2D eigenvalue weighted by Crippen LogP contribution is -2.44. The summed E-state index contributed by atoms with van der Waals surface area (Å²) in [7, 11) is 0. The number of hydrogen-bond donors (Lipinski definition) is 2. The third kappa shape index (κ3) is 5.14. The van der Waals surface area contributed by atoms with Crippen LogP contribution in [-0.4, -0.2) is 44.9 Å². The minimum Gasteiger partial charge on any atom is -0.492 e. The Balaban J connectivity index is 1.58. The molecule has 5 nitrogen and oxygen atoms in total. The molecule has 1 atom stereocenters. The fourth-order valence-corrected chi connectivity index (χ4v) is 1.94. The monoisotopic (exact) mass is 282 g/mol. The topological polar surface area (TPSA) is 59.6 Å². The molecule has 1 fully saturated rings. The van der Waals surface area contributed by atoms with Crippen molar-refractivity contribution >= 4 is 5.91 Å². The number of carbonyl (C=O) groups is 1. The smallest absolute Gasteiger partial charge is 0.221 e. The zero-order chi connectivity index (χ0) is 14.2. The first-order valence-electron chi connectivity index (χ1n) is 6.70. The van der Waals surface area contributed by atoms with Gasteiger partial charge in [0, 0.05) is 19.0 Å². The molecule has 0 spiro atoms. The van der Waals surface area contributed by atoms with Crippen LogP contribution in [0.4, 0.5) is 4.39 Å². The molecule has 0 radical (unpaired) electrons. The molecule has 2 rings (SSSR count). The van der Waals surface area contributed by atoms with E-state index >= 15 is 0 Å². The molecule has 1 aromatic rings. The van der Waals surface area contributed by atoms with Gasteiger partial charge in [0.05, 0.1) is 19.8 Å². The molecule has 1 aliphatic rings. The quantitative estimate of drug-likeness (QED) is 0.754. The molecule has 1 aromatic carbocycles. The molecular formula is C14H19FN2O3. The summed E-state index contributed by atoms with van der Waals surface area (Å²) in [6.45, 7) is 2.82. The number of carbonyl (C=O) groups excluding carboxylic acids is 1. The molecule has 0 saturated carbocycles. The first-order valence-corrected chi connectivity index (χ1v) is 6.70. The number of rotatable bonds is 6. The molecule has 1 amide bonds. The molecule has 6 heteroatoms. The van der Waals surface area contributed by atoms with Gasteiger partial charge in [-0.2, -0.15) is 0 Å². The summed E-state index contributed by atoms with van der Waals surface area (Å²) in [6.07, 6.45) is 0.399. The van der Waals surface area contributed by atoms with Gasteiger partial charge < -0.3 is 20.1 Å². The maximum absolute atomic E-state index is 12.7. The van der Waals surface area contributed by atoms with Crippen molar-refractivity contribution in [3.8, 4) is 5.75 Å². The van der Waals surface area contributed by atoms with E-state index in [2.05, 4.69) is 10.6 Å². The van der Waals surface area contributed by atoms with Gasteiger partial charge in [0.15, 0.2) is 0 Å². The van der Waals surface area contributed by atoms with E-state index in [1.54, 1.807) is 12.1 Å². The van der Waals surface area contributed by atoms with E-state index in [4.69, 9.17) is 9.47 Å². The zero-order valence-corrected chi connectivity index (χ0v) is 11.2. The highest BCUT2D eigenvalue weighted by molar-refractivity contribution is 5.76. The fourth-order valence-electron chi connectivity index (χ4n) is 1.94. The first kappa shape index (κ1) is 14.7. The van der Waals surface area contributed by atoms with Crippen LogP contribution < -0.4 is 15.4 Å². The SMILES string of the molecule is O=C(CC1COCCN1)NCCOc1ccc(F)cc1. The van der Waals surface area contributed by atoms with Gasteiger partial charge in [-0.1, -0.05) is 0 Å². The lowest BCUT2D eigenvalue weighted by atomic mass is 10.2. The predicted octanol–water partition coefficient (Wildman–Crippen LogP) is 0.699. The van der Waals surface area contributed by atoms with Gasteiger partial charge in [-0.25, -0.2) is 4.39 Å². The van der Waals surface area contributed by atoms with Gasteiger partial charge in [0.1, 0.15) is 18.2 Å². The summed E-state index contributed by atoms with van der Waals surface area (Å²) < 4.78 is 23.3. The van der Waals surface area contributed by atoms with Crippen molar-refractivity contribution in [2.75, 3.05) is 32.9 Å². The molecule has 1 heterocycles. The summed E-state index contributed by atoms with van der Waals surface area (Å²) in [6, 6.07) is 5.87. The second-order valence-electron chi connectivity index (χ2n) is 4.58. The predicted molar refractivity (Wildman–Crippen MR) is 72.1 cm³/mol. The van der Waals surface area contributed by atoms with Gasteiger partial charge >= 0.3 is 0 Å². The van der Waals surface area contributed by atoms with Crippen molar-refractivity contribution in [3.63, 3.8) is 0 Å². The van der Waals surface area contributed by atoms with Crippen LogP contribution in [0.3, 0.4) is 0 Å². The van der Waals surface area contributed by atoms with Crippen LogP contribution in [0.1, 0.15) is 6.42 Å². The van der Waals surface area contributed by atoms with Crippen molar-refractivity contribution in [1.82, 2.24) is 10.6 Å². The number of amides is 1. The van der Waals surface area contributed by atoms with Gasteiger partial charge in [-0.3, -0.25) is 4.79 Å². The maximum atomic E-state index is 12.7. The Hall–Kier alpha value is -1.66. The zero-order valence-electron chi connectivity index (χ0n) is 11.2. The van der Waals surface area contributed by atoms with Crippen LogP contribution in [-0.2, 0) is 9.53 Å². The Morgan fingerprint density at radius 2 is 2.25 bits per heavy atom. The summed E-state index contributed by atoms with van der Waals surface area (Å²) in [5.74, 6) is 0.256. The number of halogens is 1. The van der Waals surface area contributed by atoms with Crippen LogP contribution >= 0.6 is 0 Å². The third-order valence-corrected chi connectivity index (χ3v) is 2.94. The minimum atomic E-state index is -0.298. The molecule has 0 bridgehead atoms. The molecule has 0 aliphatic carbocycles. The highest BCUT2D eigenvalue weighted by Crippen LogP contribution is 2.10. The van der Waals surface area contributed by atoms with Gasteiger partial charge in [-0.05, 0) is 24.3 Å². The lowest BCUT2D eigenvalue weighted by molar-refractivity contribution is -0.122. The van der Waals surface area contributed by atoms with E-state index in [0.717, 1.165) is 6.54 Å². The normalized spacial score (nSPS) is 18.6. The number of morpholine rings is 1. The highest BCUT2D eigenvalue weighted by Gasteiger charge is 2.16. The van der Waals surface area contributed by atoms with Crippen LogP contribution in [0.5, 0.6) is 5.75 Å². The number of benzene rings is 1. The highest BCUT2D eigenvalue weighted by atomic mass is 19.1. The Bertz CT molecular complexity index is 419. The lowest BCUT2D eigenvalue weighted by Gasteiger charge is -2.23. The standard InChI is InChI=1S/C14H19FN2O3/c15-11-1-3-13(4-2-11)20-8-6-17-14(18)9-12-10-19-7-5-16-12/h1-4,12,16H,5-10H2,(H,17,18). The average molecular weight is 282 g/mol. The van der Waals surface area contributed by atoms with E-state index < -0.39 is 0 Å². The molecule has 110 valence electrons. The molecule has 2 N–H and O–H groups in total. The third-order valence-electron chi connectivity index (χ3n) is 2.94. The fraction of sp³-hybridized carbons (Fsp3) is 0.500. The van der Waals surface area contributed by atoms with E-state index in [-0.39, 0.29) is 17.8 Å². The van der Waals surface area contributed by atoms with E-state index in [1.165, 1.54) is 12.1 Å².